The number of aryl methyl sites for hydroxylation is 1. The number of hydrogen-bond acceptors (Lipinski definition) is 2. The maximum absolute atomic E-state index is 3.45. The second-order valence-corrected chi connectivity index (χ2v) is 5.44. The first-order valence-electron chi connectivity index (χ1n) is 6.68. The molecule has 0 aromatic carbocycles. The van der Waals surface area contributed by atoms with E-state index in [0.29, 0.717) is 6.04 Å². The Morgan fingerprint density at radius 2 is 2.24 bits per heavy atom. The predicted octanol–water partition coefficient (Wildman–Crippen LogP) is 2.11. The summed E-state index contributed by atoms with van der Waals surface area (Å²) in [5, 5.41) is 3.45. The predicted molar refractivity (Wildman–Crippen MR) is 72.1 cm³/mol. The van der Waals surface area contributed by atoms with Crippen molar-refractivity contribution in [3.63, 3.8) is 0 Å². The van der Waals surface area contributed by atoms with Crippen molar-refractivity contribution < 1.29 is 0 Å². The van der Waals surface area contributed by atoms with Crippen LogP contribution in [0.4, 0.5) is 0 Å². The molecule has 1 aliphatic rings. The van der Waals surface area contributed by atoms with Crippen LogP contribution in [0, 0.1) is 5.92 Å². The fourth-order valence-corrected chi connectivity index (χ4v) is 2.46. The van der Waals surface area contributed by atoms with Crippen molar-refractivity contribution in [2.45, 2.75) is 31.8 Å². The highest BCUT2D eigenvalue weighted by Gasteiger charge is 2.31. The van der Waals surface area contributed by atoms with Gasteiger partial charge in [-0.25, -0.2) is 0 Å². The molecule has 1 N–H and O–H groups in total. The Kier molecular flexibility index (Phi) is 4.24. The zero-order valence-corrected chi connectivity index (χ0v) is 11.3. The van der Waals surface area contributed by atoms with Crippen molar-refractivity contribution in [2.24, 2.45) is 5.92 Å². The SMILES string of the molecule is CNC(c1ccn(CCCN(C)C)c1)C1CC1. The van der Waals surface area contributed by atoms with Crippen LogP contribution in [0.15, 0.2) is 18.5 Å². The van der Waals surface area contributed by atoms with Crippen molar-refractivity contribution in [1.82, 2.24) is 14.8 Å². The van der Waals surface area contributed by atoms with Crippen molar-refractivity contribution in [3.8, 4) is 0 Å². The van der Waals surface area contributed by atoms with E-state index in [-0.39, 0.29) is 0 Å². The molecule has 0 amide bonds. The number of nitrogens with one attached hydrogen (secondary N) is 1. The molecule has 2 rings (SSSR count). The smallest absolute Gasteiger partial charge is 0.0361 e. The van der Waals surface area contributed by atoms with Crippen molar-refractivity contribution in [1.29, 1.82) is 0 Å². The van der Waals surface area contributed by atoms with Crippen LogP contribution in [0.3, 0.4) is 0 Å². The lowest BCUT2D eigenvalue weighted by atomic mass is 10.1. The lowest BCUT2D eigenvalue weighted by molar-refractivity contribution is 0.386. The van der Waals surface area contributed by atoms with Gasteiger partial charge >= 0.3 is 0 Å². The average molecular weight is 235 g/mol. The van der Waals surface area contributed by atoms with Gasteiger partial charge in [0.25, 0.3) is 0 Å². The monoisotopic (exact) mass is 235 g/mol. The first-order valence-corrected chi connectivity index (χ1v) is 6.68. The summed E-state index contributed by atoms with van der Waals surface area (Å²) in [6, 6.07) is 2.85. The van der Waals surface area contributed by atoms with Gasteiger partial charge in [0.1, 0.15) is 0 Å². The molecule has 0 bridgehead atoms. The minimum atomic E-state index is 0.574. The molecule has 0 radical (unpaired) electrons. The Hall–Kier alpha value is -0.800. The molecule has 17 heavy (non-hydrogen) atoms. The quantitative estimate of drug-likeness (QED) is 0.781. The summed E-state index contributed by atoms with van der Waals surface area (Å²) in [6.45, 7) is 2.28. The molecule has 1 unspecified atom stereocenters. The van der Waals surface area contributed by atoms with Crippen LogP contribution in [-0.2, 0) is 6.54 Å². The van der Waals surface area contributed by atoms with Gasteiger partial charge in [-0.2, -0.15) is 0 Å². The number of rotatable bonds is 7. The van der Waals surface area contributed by atoms with Gasteiger partial charge in [0.05, 0.1) is 0 Å². The minimum absolute atomic E-state index is 0.574. The highest BCUT2D eigenvalue weighted by Crippen LogP contribution is 2.40. The Labute approximate surface area is 105 Å². The van der Waals surface area contributed by atoms with E-state index in [0.717, 1.165) is 19.0 Å². The molecular weight excluding hydrogens is 210 g/mol. The molecule has 0 saturated heterocycles. The third-order valence-corrected chi connectivity index (χ3v) is 3.56. The number of nitrogens with zero attached hydrogens (tertiary/aromatic N) is 2. The van der Waals surface area contributed by atoms with Crippen LogP contribution in [-0.4, -0.2) is 37.2 Å². The number of hydrogen-bond donors (Lipinski definition) is 1. The third-order valence-electron chi connectivity index (χ3n) is 3.56. The van der Waals surface area contributed by atoms with Crippen molar-refractivity contribution in [3.05, 3.63) is 24.0 Å². The fourth-order valence-electron chi connectivity index (χ4n) is 2.46. The largest absolute Gasteiger partial charge is 0.354 e. The van der Waals surface area contributed by atoms with Crippen LogP contribution in [0.1, 0.15) is 30.9 Å². The zero-order chi connectivity index (χ0) is 12.3. The highest BCUT2D eigenvalue weighted by molar-refractivity contribution is 5.18. The van der Waals surface area contributed by atoms with Gasteiger partial charge in [-0.3, -0.25) is 0 Å². The van der Waals surface area contributed by atoms with Gasteiger partial charge in [0, 0.05) is 25.0 Å². The maximum atomic E-state index is 3.45. The Morgan fingerprint density at radius 1 is 1.47 bits per heavy atom. The first kappa shape index (κ1) is 12.7. The zero-order valence-electron chi connectivity index (χ0n) is 11.3. The Balaban J connectivity index is 1.86. The second-order valence-electron chi connectivity index (χ2n) is 5.44. The maximum Gasteiger partial charge on any atom is 0.0361 e. The lowest BCUT2D eigenvalue weighted by Crippen LogP contribution is -2.17. The molecule has 3 nitrogen and oxygen atoms in total. The lowest BCUT2D eigenvalue weighted by Gasteiger charge is -2.13. The van der Waals surface area contributed by atoms with Crippen LogP contribution in [0.5, 0.6) is 0 Å². The molecule has 3 heteroatoms. The van der Waals surface area contributed by atoms with E-state index in [1.807, 2.05) is 0 Å². The van der Waals surface area contributed by atoms with E-state index in [1.165, 1.54) is 24.8 Å². The summed E-state index contributed by atoms with van der Waals surface area (Å²) in [5.74, 6) is 0.873. The molecule has 1 aliphatic carbocycles. The van der Waals surface area contributed by atoms with Gasteiger partial charge in [0.2, 0.25) is 0 Å². The molecule has 0 spiro atoms. The van der Waals surface area contributed by atoms with Gasteiger partial charge < -0.3 is 14.8 Å². The summed E-state index contributed by atoms with van der Waals surface area (Å²) in [7, 11) is 6.34. The summed E-state index contributed by atoms with van der Waals surface area (Å²) in [5.41, 5.74) is 1.46. The molecule has 0 aliphatic heterocycles. The van der Waals surface area contributed by atoms with Crippen molar-refractivity contribution in [2.75, 3.05) is 27.7 Å². The second kappa shape index (κ2) is 5.69. The Morgan fingerprint density at radius 3 is 2.82 bits per heavy atom. The van der Waals surface area contributed by atoms with Gasteiger partial charge in [-0.15, -0.1) is 0 Å². The van der Waals surface area contributed by atoms with Crippen LogP contribution < -0.4 is 5.32 Å². The molecule has 1 fully saturated rings. The Bertz CT molecular complexity index is 339. The molecule has 1 saturated carbocycles. The molecule has 96 valence electrons. The fraction of sp³-hybridized carbons (Fsp3) is 0.714. The van der Waals surface area contributed by atoms with E-state index >= 15 is 0 Å². The summed E-state index contributed by atoms with van der Waals surface area (Å²) < 4.78 is 2.32. The standard InChI is InChI=1S/C14H25N3/c1-15-14(12-5-6-12)13-7-10-17(11-13)9-4-8-16(2)3/h7,10-12,14-15H,4-6,8-9H2,1-3H3. The third kappa shape index (κ3) is 3.58. The number of aromatic nitrogens is 1. The van der Waals surface area contributed by atoms with Crippen molar-refractivity contribution >= 4 is 0 Å². The topological polar surface area (TPSA) is 20.2 Å². The van der Waals surface area contributed by atoms with Gasteiger partial charge in [-0.05, 0) is 64.5 Å². The molecule has 1 aromatic rings. The van der Waals surface area contributed by atoms with Crippen LogP contribution in [0.2, 0.25) is 0 Å². The van der Waals surface area contributed by atoms with Crippen LogP contribution in [0.25, 0.3) is 0 Å². The van der Waals surface area contributed by atoms with Gasteiger partial charge in [0.15, 0.2) is 0 Å². The van der Waals surface area contributed by atoms with E-state index in [2.05, 4.69) is 54.4 Å². The summed E-state index contributed by atoms with van der Waals surface area (Å²) in [6.07, 6.45) is 8.52. The first-order chi connectivity index (χ1) is 8.20. The molecule has 1 aromatic heterocycles. The molecule has 1 heterocycles. The summed E-state index contributed by atoms with van der Waals surface area (Å²) >= 11 is 0. The molecule has 1 atom stereocenters. The van der Waals surface area contributed by atoms with E-state index in [1.54, 1.807) is 0 Å². The molecular formula is C14H25N3. The average Bonchev–Trinajstić information content (AvgIpc) is 3.00. The van der Waals surface area contributed by atoms with E-state index < -0.39 is 0 Å². The van der Waals surface area contributed by atoms with Gasteiger partial charge in [-0.1, -0.05) is 0 Å². The minimum Gasteiger partial charge on any atom is -0.354 e. The van der Waals surface area contributed by atoms with Crippen LogP contribution >= 0.6 is 0 Å². The van der Waals surface area contributed by atoms with E-state index in [4.69, 9.17) is 0 Å². The summed E-state index contributed by atoms with van der Waals surface area (Å²) in [4.78, 5) is 2.24. The normalized spacial score (nSPS) is 17.6. The highest BCUT2D eigenvalue weighted by atomic mass is 15.1. The van der Waals surface area contributed by atoms with E-state index in [9.17, 15) is 0 Å².